The Morgan fingerprint density at radius 3 is 2.47 bits per heavy atom. The third-order valence-corrected chi connectivity index (χ3v) is 9.77. The number of amides is 3. The molecule has 3 atom stereocenters. The van der Waals surface area contributed by atoms with Crippen LogP contribution in [0.1, 0.15) is 103 Å². The van der Waals surface area contributed by atoms with Crippen LogP contribution in [0.25, 0.3) is 6.08 Å². The summed E-state index contributed by atoms with van der Waals surface area (Å²) in [7, 11) is 0. The lowest BCUT2D eigenvalue weighted by Crippen LogP contribution is -2.74. The Hall–Kier alpha value is -3.22. The second-order valence-corrected chi connectivity index (χ2v) is 15.6. The van der Waals surface area contributed by atoms with Gasteiger partial charge < -0.3 is 19.8 Å². The van der Waals surface area contributed by atoms with E-state index in [4.69, 9.17) is 16.4 Å². The van der Waals surface area contributed by atoms with Gasteiger partial charge in [0.25, 0.3) is 11.8 Å². The highest BCUT2D eigenvalue weighted by Crippen LogP contribution is 2.36. The first-order valence-electron chi connectivity index (χ1n) is 16.9. The van der Waals surface area contributed by atoms with Crippen LogP contribution in [0, 0.1) is 35.5 Å². The van der Waals surface area contributed by atoms with E-state index in [0.29, 0.717) is 47.3 Å². The number of likely N-dealkylation sites (tertiary alicyclic amines) is 1. The lowest BCUT2D eigenvalue weighted by atomic mass is 9.84. The minimum atomic E-state index is -0.881. The van der Waals surface area contributed by atoms with Gasteiger partial charge in [-0.1, -0.05) is 46.5 Å². The van der Waals surface area contributed by atoms with Gasteiger partial charge in [-0.05, 0) is 69.3 Å². The molecule has 3 fully saturated rings. The summed E-state index contributed by atoms with van der Waals surface area (Å²) in [6.07, 6.45) is 10.7. The smallest absolute Gasteiger partial charge is 0.272 e. The Morgan fingerprint density at radius 2 is 1.87 bits per heavy atom. The first-order valence-corrected chi connectivity index (χ1v) is 17.7. The van der Waals surface area contributed by atoms with Gasteiger partial charge in [-0.2, -0.15) is 5.06 Å². The Labute approximate surface area is 284 Å². The van der Waals surface area contributed by atoms with Gasteiger partial charge in [0.05, 0.1) is 6.54 Å². The maximum atomic E-state index is 14.3. The normalized spacial score (nSPS) is 23.0. The van der Waals surface area contributed by atoms with E-state index in [-0.39, 0.29) is 42.3 Å². The van der Waals surface area contributed by atoms with Gasteiger partial charge in [-0.15, -0.1) is 17.8 Å². The van der Waals surface area contributed by atoms with Crippen LogP contribution in [0.2, 0.25) is 0 Å². The zero-order valence-corrected chi connectivity index (χ0v) is 29.8. The quantitative estimate of drug-likeness (QED) is 0.240. The standard InChI is InChI=1S/C36H51N5O5S/c1-9-30-27(13-11-10-12-20-42)37-31(47-30)14-15-33(43)41-32-23-39(26-16-18-38(19-17-26)25(4)5)34(44)28(22-36(6,7)8)40(32)35(45)29(46-41)21-24(2)3/h1,14-15,24-26,28-29,32,42H,10,12,16-23H2,2-8H3/b15-14+/t28-,29+,32-/m0/s1. The largest absolute Gasteiger partial charge is 0.396 e. The number of rotatable bonds is 9. The fourth-order valence-corrected chi connectivity index (χ4v) is 7.21. The van der Waals surface area contributed by atoms with Crippen molar-refractivity contribution in [3.63, 3.8) is 0 Å². The summed E-state index contributed by atoms with van der Waals surface area (Å²) in [5.41, 5.74) is 0.217. The predicted molar refractivity (Wildman–Crippen MR) is 183 cm³/mol. The van der Waals surface area contributed by atoms with E-state index in [1.54, 1.807) is 11.0 Å². The number of hydrogen-bond acceptors (Lipinski definition) is 8. The number of piperidine rings is 1. The molecule has 4 heterocycles. The molecule has 0 aromatic carbocycles. The van der Waals surface area contributed by atoms with Crippen molar-refractivity contribution in [1.29, 1.82) is 0 Å². The third kappa shape index (κ3) is 9.03. The summed E-state index contributed by atoms with van der Waals surface area (Å²) in [6, 6.07) is -0.248. The number of piperazine rings is 1. The first kappa shape index (κ1) is 36.6. The number of unbranched alkanes of at least 4 members (excludes halogenated alkanes) is 1. The van der Waals surface area contributed by atoms with Gasteiger partial charge in [0.15, 0.2) is 12.3 Å². The maximum Gasteiger partial charge on any atom is 0.272 e. The number of carbonyl (C=O) groups is 3. The summed E-state index contributed by atoms with van der Waals surface area (Å²) in [5.74, 6) is 7.96. The van der Waals surface area contributed by atoms with E-state index in [9.17, 15) is 14.4 Å². The van der Waals surface area contributed by atoms with Gasteiger partial charge >= 0.3 is 0 Å². The van der Waals surface area contributed by atoms with Crippen molar-refractivity contribution in [2.75, 3.05) is 26.2 Å². The van der Waals surface area contributed by atoms with Crippen molar-refractivity contribution in [2.24, 2.45) is 11.3 Å². The summed E-state index contributed by atoms with van der Waals surface area (Å²) in [4.78, 5) is 59.7. The number of aromatic nitrogens is 1. The minimum Gasteiger partial charge on any atom is -0.396 e. The molecule has 0 aliphatic carbocycles. The SMILES string of the molecule is C#Cc1sc(/C=C/C(=O)N2O[C@H](CC(C)C)C(=O)N3[C@@H]2CN(C2CCN(C(C)C)CC2)C(=O)[C@@H]3CC(C)(C)C)nc1C#CCCCO. The van der Waals surface area contributed by atoms with E-state index in [1.807, 2.05) is 18.7 Å². The topological polar surface area (TPSA) is 107 Å². The molecule has 3 amide bonds. The Morgan fingerprint density at radius 1 is 1.17 bits per heavy atom. The van der Waals surface area contributed by atoms with Crippen molar-refractivity contribution in [1.82, 2.24) is 24.7 Å². The van der Waals surface area contributed by atoms with Crippen molar-refractivity contribution < 1.29 is 24.3 Å². The molecule has 1 N–H and O–H groups in total. The summed E-state index contributed by atoms with van der Waals surface area (Å²) < 4.78 is 0. The molecule has 0 unspecified atom stereocenters. The molecule has 11 heteroatoms. The molecule has 0 bridgehead atoms. The maximum absolute atomic E-state index is 14.3. The molecule has 4 rings (SSSR count). The van der Waals surface area contributed by atoms with Crippen molar-refractivity contribution in [2.45, 2.75) is 117 Å². The number of hydrogen-bond donors (Lipinski definition) is 1. The molecular formula is C36H51N5O5S. The zero-order chi connectivity index (χ0) is 34.5. The summed E-state index contributed by atoms with van der Waals surface area (Å²) in [6.45, 7) is 16.6. The van der Waals surface area contributed by atoms with Gasteiger partial charge in [0.1, 0.15) is 21.6 Å². The fourth-order valence-electron chi connectivity index (χ4n) is 6.48. The molecule has 10 nitrogen and oxygen atoms in total. The first-order chi connectivity index (χ1) is 22.2. The highest BCUT2D eigenvalue weighted by molar-refractivity contribution is 7.13. The van der Waals surface area contributed by atoms with Crippen LogP contribution < -0.4 is 0 Å². The number of hydroxylamine groups is 2. The molecule has 47 heavy (non-hydrogen) atoms. The number of fused-ring (bicyclic) bond motifs is 1. The molecule has 3 saturated heterocycles. The van der Waals surface area contributed by atoms with E-state index >= 15 is 0 Å². The van der Waals surface area contributed by atoms with Gasteiger partial charge in [0.2, 0.25) is 5.91 Å². The lowest BCUT2D eigenvalue weighted by molar-refractivity contribution is -0.276. The average molecular weight is 666 g/mol. The number of terminal acetylenes is 1. The Balaban J connectivity index is 1.67. The van der Waals surface area contributed by atoms with Crippen molar-refractivity contribution in [3.8, 4) is 24.2 Å². The third-order valence-electron chi connectivity index (χ3n) is 8.81. The average Bonchev–Trinajstić information content (AvgIpc) is 3.41. The van der Waals surface area contributed by atoms with E-state index in [1.165, 1.54) is 22.5 Å². The van der Waals surface area contributed by atoms with Crippen molar-refractivity contribution >= 4 is 35.1 Å². The zero-order valence-electron chi connectivity index (χ0n) is 29.0. The second kappa shape index (κ2) is 15.8. The van der Waals surface area contributed by atoms with Crippen LogP contribution in [0.4, 0.5) is 0 Å². The summed E-state index contributed by atoms with van der Waals surface area (Å²) >= 11 is 1.25. The number of carbonyl (C=O) groups excluding carboxylic acids is 3. The molecule has 0 radical (unpaired) electrons. The van der Waals surface area contributed by atoms with Crippen LogP contribution in [0.15, 0.2) is 6.08 Å². The van der Waals surface area contributed by atoms with E-state index < -0.39 is 24.2 Å². The van der Waals surface area contributed by atoms with Crippen LogP contribution >= 0.6 is 11.3 Å². The molecule has 0 spiro atoms. The van der Waals surface area contributed by atoms with Gasteiger partial charge in [-0.3, -0.25) is 19.2 Å². The van der Waals surface area contributed by atoms with Crippen LogP contribution in [0.5, 0.6) is 0 Å². The van der Waals surface area contributed by atoms with Crippen molar-refractivity contribution in [3.05, 3.63) is 21.7 Å². The highest BCUT2D eigenvalue weighted by Gasteiger charge is 2.54. The monoisotopic (exact) mass is 665 g/mol. The minimum absolute atomic E-state index is 0.0208. The molecule has 1 aromatic rings. The predicted octanol–water partition coefficient (Wildman–Crippen LogP) is 4.12. The van der Waals surface area contributed by atoms with Gasteiger partial charge in [-0.25, -0.2) is 4.98 Å². The second-order valence-electron chi connectivity index (χ2n) is 14.6. The molecule has 3 aliphatic heterocycles. The van der Waals surface area contributed by atoms with Gasteiger partial charge in [0, 0.05) is 44.3 Å². The van der Waals surface area contributed by atoms with Crippen LogP contribution in [-0.4, -0.2) is 104 Å². The van der Waals surface area contributed by atoms with E-state index in [0.717, 1.165) is 25.9 Å². The number of nitrogens with zero attached hydrogens (tertiary/aromatic N) is 5. The highest BCUT2D eigenvalue weighted by atomic mass is 32.1. The Kier molecular flexibility index (Phi) is 12.3. The molecule has 3 aliphatic rings. The van der Waals surface area contributed by atoms with Crippen LogP contribution in [-0.2, 0) is 19.2 Å². The van der Waals surface area contributed by atoms with Crippen LogP contribution in [0.3, 0.4) is 0 Å². The fraction of sp³-hybridized carbons (Fsp3) is 0.667. The lowest BCUT2D eigenvalue weighted by Gasteiger charge is -2.55. The molecular weight excluding hydrogens is 614 g/mol. The molecule has 1 aromatic heterocycles. The number of thiazole rings is 1. The Bertz CT molecular complexity index is 1420. The molecule has 256 valence electrons. The number of aliphatic hydroxyl groups excluding tert-OH is 1. The molecule has 0 saturated carbocycles. The number of aliphatic hydroxyl groups is 1. The summed E-state index contributed by atoms with van der Waals surface area (Å²) in [5, 5.41) is 10.8. The van der Waals surface area contributed by atoms with E-state index in [2.05, 4.69) is 62.3 Å².